The standard InChI is InChI=1S/C12H14F3NO/c13-12(14,15)8-5-6-16-10(7-8)9-3-1-2-4-11(9)17/h5-7,9,11,17H,1-4H2/t9-,11+/m0/s1. The molecule has 0 spiro atoms. The van der Waals surface area contributed by atoms with E-state index in [4.69, 9.17) is 0 Å². The van der Waals surface area contributed by atoms with E-state index in [1.165, 1.54) is 6.20 Å². The van der Waals surface area contributed by atoms with E-state index in [9.17, 15) is 18.3 Å². The highest BCUT2D eigenvalue weighted by Gasteiger charge is 2.32. The highest BCUT2D eigenvalue weighted by Crippen LogP contribution is 2.35. The highest BCUT2D eigenvalue weighted by molar-refractivity contribution is 5.22. The van der Waals surface area contributed by atoms with Gasteiger partial charge in [0.05, 0.1) is 11.7 Å². The van der Waals surface area contributed by atoms with Crippen LogP contribution in [0.3, 0.4) is 0 Å². The first-order chi connectivity index (χ1) is 7.98. The molecule has 0 aliphatic heterocycles. The molecule has 0 unspecified atom stereocenters. The Morgan fingerprint density at radius 1 is 1.24 bits per heavy atom. The Bertz CT molecular complexity index is 392. The van der Waals surface area contributed by atoms with E-state index >= 15 is 0 Å². The lowest BCUT2D eigenvalue weighted by molar-refractivity contribution is -0.137. The van der Waals surface area contributed by atoms with Crippen LogP contribution in [0.25, 0.3) is 0 Å². The van der Waals surface area contributed by atoms with Gasteiger partial charge in [0.25, 0.3) is 0 Å². The monoisotopic (exact) mass is 245 g/mol. The third-order valence-electron chi connectivity index (χ3n) is 3.22. The Balaban J connectivity index is 2.26. The van der Waals surface area contributed by atoms with Gasteiger partial charge in [0.15, 0.2) is 0 Å². The fraction of sp³-hybridized carbons (Fsp3) is 0.583. The molecule has 1 aromatic heterocycles. The summed E-state index contributed by atoms with van der Waals surface area (Å²) in [5.41, 5.74) is -0.340. The van der Waals surface area contributed by atoms with E-state index in [0.717, 1.165) is 25.0 Å². The van der Waals surface area contributed by atoms with Crippen molar-refractivity contribution < 1.29 is 18.3 Å². The zero-order valence-electron chi connectivity index (χ0n) is 9.24. The normalized spacial score (nSPS) is 25.9. The smallest absolute Gasteiger partial charge is 0.392 e. The topological polar surface area (TPSA) is 33.1 Å². The molecule has 1 saturated carbocycles. The molecule has 1 aromatic rings. The summed E-state index contributed by atoms with van der Waals surface area (Å²) >= 11 is 0. The molecule has 94 valence electrons. The van der Waals surface area contributed by atoms with Gasteiger partial charge in [-0.1, -0.05) is 12.8 Å². The van der Waals surface area contributed by atoms with Gasteiger partial charge in [0.2, 0.25) is 0 Å². The second-order valence-corrected chi connectivity index (χ2v) is 4.43. The van der Waals surface area contributed by atoms with Crippen LogP contribution in [0.15, 0.2) is 18.3 Å². The maximum absolute atomic E-state index is 12.5. The molecule has 2 nitrogen and oxygen atoms in total. The van der Waals surface area contributed by atoms with Crippen molar-refractivity contribution in [3.63, 3.8) is 0 Å². The third kappa shape index (κ3) is 2.77. The molecule has 1 heterocycles. The molecular weight excluding hydrogens is 231 g/mol. The van der Waals surface area contributed by atoms with Crippen LogP contribution in [-0.4, -0.2) is 16.2 Å². The number of pyridine rings is 1. The van der Waals surface area contributed by atoms with Gasteiger partial charge in [0, 0.05) is 17.8 Å². The summed E-state index contributed by atoms with van der Waals surface area (Å²) < 4.78 is 37.6. The lowest BCUT2D eigenvalue weighted by Gasteiger charge is -2.27. The molecule has 1 aliphatic carbocycles. The van der Waals surface area contributed by atoms with Gasteiger partial charge in [-0.2, -0.15) is 13.2 Å². The van der Waals surface area contributed by atoms with Crippen LogP contribution in [0.2, 0.25) is 0 Å². The fourth-order valence-electron chi connectivity index (χ4n) is 2.28. The number of alkyl halides is 3. The van der Waals surface area contributed by atoms with Crippen LogP contribution in [0.1, 0.15) is 42.9 Å². The first-order valence-electron chi connectivity index (χ1n) is 5.69. The summed E-state index contributed by atoms with van der Waals surface area (Å²) in [7, 11) is 0. The van der Waals surface area contributed by atoms with E-state index in [2.05, 4.69) is 4.98 Å². The van der Waals surface area contributed by atoms with Gasteiger partial charge in [-0.3, -0.25) is 4.98 Å². The van der Waals surface area contributed by atoms with Gasteiger partial charge < -0.3 is 5.11 Å². The lowest BCUT2D eigenvalue weighted by atomic mass is 9.84. The first-order valence-corrected chi connectivity index (χ1v) is 5.69. The van der Waals surface area contributed by atoms with Crippen LogP contribution in [-0.2, 0) is 6.18 Å². The Morgan fingerprint density at radius 3 is 2.59 bits per heavy atom. The predicted octanol–water partition coefficient (Wildman–Crippen LogP) is 3.12. The van der Waals surface area contributed by atoms with Crippen molar-refractivity contribution in [2.45, 2.75) is 43.9 Å². The SMILES string of the molecule is O[C@@H]1CCCC[C@H]1c1cc(C(F)(F)F)ccn1. The molecule has 0 radical (unpaired) electrons. The summed E-state index contributed by atoms with van der Waals surface area (Å²) in [6, 6.07) is 2.01. The molecule has 0 saturated heterocycles. The van der Waals surface area contributed by atoms with Gasteiger partial charge in [-0.25, -0.2) is 0 Å². The number of aliphatic hydroxyl groups excluding tert-OH is 1. The van der Waals surface area contributed by atoms with Crippen LogP contribution in [0.4, 0.5) is 13.2 Å². The Morgan fingerprint density at radius 2 is 1.94 bits per heavy atom. The number of aromatic nitrogens is 1. The maximum atomic E-state index is 12.5. The summed E-state index contributed by atoms with van der Waals surface area (Å²) in [6.45, 7) is 0. The van der Waals surface area contributed by atoms with Crippen molar-refractivity contribution in [1.82, 2.24) is 4.98 Å². The van der Waals surface area contributed by atoms with Gasteiger partial charge >= 0.3 is 6.18 Å². The molecule has 0 amide bonds. The number of hydrogen-bond acceptors (Lipinski definition) is 2. The maximum Gasteiger partial charge on any atom is 0.416 e. The van der Waals surface area contributed by atoms with E-state index < -0.39 is 17.8 Å². The Labute approximate surface area is 97.5 Å². The van der Waals surface area contributed by atoms with Crippen LogP contribution in [0, 0.1) is 0 Å². The zero-order valence-corrected chi connectivity index (χ0v) is 9.24. The van der Waals surface area contributed by atoms with E-state index in [1.54, 1.807) is 0 Å². The number of rotatable bonds is 1. The Hall–Kier alpha value is -1.10. The third-order valence-corrected chi connectivity index (χ3v) is 3.22. The molecule has 0 aromatic carbocycles. The molecule has 2 rings (SSSR count). The summed E-state index contributed by atoms with van der Waals surface area (Å²) in [6.07, 6.45) is -0.551. The van der Waals surface area contributed by atoms with E-state index in [0.29, 0.717) is 18.5 Å². The fourth-order valence-corrected chi connectivity index (χ4v) is 2.28. The van der Waals surface area contributed by atoms with Crippen molar-refractivity contribution >= 4 is 0 Å². The lowest BCUT2D eigenvalue weighted by Crippen LogP contribution is -2.23. The van der Waals surface area contributed by atoms with Crippen molar-refractivity contribution in [2.24, 2.45) is 0 Å². The van der Waals surface area contributed by atoms with Gasteiger partial charge in [0.1, 0.15) is 0 Å². The number of hydrogen-bond donors (Lipinski definition) is 1. The molecule has 1 fully saturated rings. The van der Waals surface area contributed by atoms with Gasteiger partial charge in [-0.05, 0) is 25.0 Å². The molecule has 2 atom stereocenters. The highest BCUT2D eigenvalue weighted by atomic mass is 19.4. The second kappa shape index (κ2) is 4.64. The van der Waals surface area contributed by atoms with Crippen LogP contribution in [0.5, 0.6) is 0 Å². The molecule has 1 aliphatic rings. The summed E-state index contributed by atoms with van der Waals surface area (Å²) in [5, 5.41) is 9.79. The molecule has 5 heteroatoms. The molecular formula is C12H14F3NO. The average Bonchev–Trinajstić information content (AvgIpc) is 2.29. The predicted molar refractivity (Wildman–Crippen MR) is 56.5 cm³/mol. The largest absolute Gasteiger partial charge is 0.416 e. The van der Waals surface area contributed by atoms with E-state index in [1.807, 2.05) is 0 Å². The van der Waals surface area contributed by atoms with Crippen molar-refractivity contribution in [1.29, 1.82) is 0 Å². The summed E-state index contributed by atoms with van der Waals surface area (Å²) in [4.78, 5) is 3.97. The second-order valence-electron chi connectivity index (χ2n) is 4.43. The van der Waals surface area contributed by atoms with Crippen LogP contribution < -0.4 is 0 Å². The number of nitrogens with zero attached hydrogens (tertiary/aromatic N) is 1. The zero-order chi connectivity index (χ0) is 12.5. The molecule has 1 N–H and O–H groups in total. The van der Waals surface area contributed by atoms with Crippen molar-refractivity contribution in [3.8, 4) is 0 Å². The number of halogens is 3. The molecule has 0 bridgehead atoms. The van der Waals surface area contributed by atoms with Crippen LogP contribution >= 0.6 is 0 Å². The minimum atomic E-state index is -4.35. The summed E-state index contributed by atoms with van der Waals surface area (Å²) in [5.74, 6) is -0.258. The minimum absolute atomic E-state index is 0.258. The molecule has 17 heavy (non-hydrogen) atoms. The Kier molecular flexibility index (Phi) is 3.38. The first kappa shape index (κ1) is 12.4. The average molecular weight is 245 g/mol. The van der Waals surface area contributed by atoms with Crippen molar-refractivity contribution in [2.75, 3.05) is 0 Å². The minimum Gasteiger partial charge on any atom is -0.392 e. The quantitative estimate of drug-likeness (QED) is 0.824. The van der Waals surface area contributed by atoms with Gasteiger partial charge in [-0.15, -0.1) is 0 Å². The van der Waals surface area contributed by atoms with E-state index in [-0.39, 0.29) is 5.92 Å². The van der Waals surface area contributed by atoms with Crippen molar-refractivity contribution in [3.05, 3.63) is 29.6 Å². The number of aliphatic hydroxyl groups is 1.